The van der Waals surface area contributed by atoms with Crippen LogP contribution in [0.5, 0.6) is 0 Å². The fraction of sp³-hybridized carbons (Fsp3) is 0. The summed E-state index contributed by atoms with van der Waals surface area (Å²) in [7, 11) is -0.120. The van der Waals surface area contributed by atoms with Gasteiger partial charge in [-0.2, -0.15) is 0 Å². The number of hydrogen-bond donors (Lipinski definition) is 2. The van der Waals surface area contributed by atoms with Crippen molar-refractivity contribution in [1.29, 1.82) is 0 Å². The van der Waals surface area contributed by atoms with Crippen molar-refractivity contribution in [2.75, 3.05) is 5.32 Å². The molecule has 1 aromatic rings. The standard InChI is InChI=1S/C8H7N2OPS/c9-8(13)10-7-3-1-6(2-4-7)5-12-11/h1-4H,(H3,9,10,13). The molecule has 13 heavy (non-hydrogen) atoms. The first-order valence-electron chi connectivity index (χ1n) is 3.47. The molecule has 0 radical (unpaired) electrons. The van der Waals surface area contributed by atoms with Gasteiger partial charge in [-0.1, -0.05) is 0 Å². The van der Waals surface area contributed by atoms with E-state index in [-0.39, 0.29) is 13.0 Å². The zero-order chi connectivity index (χ0) is 9.68. The summed E-state index contributed by atoms with van der Waals surface area (Å²) < 4.78 is 10.2. The number of nitrogens with one attached hydrogen (secondary N) is 1. The van der Waals surface area contributed by atoms with E-state index in [4.69, 9.17) is 5.73 Å². The van der Waals surface area contributed by atoms with Crippen LogP contribution < -0.4 is 11.1 Å². The van der Waals surface area contributed by atoms with Gasteiger partial charge in [0, 0.05) is 0 Å². The second kappa shape index (κ2) is 4.83. The first-order chi connectivity index (χ1) is 6.22. The van der Waals surface area contributed by atoms with Crippen molar-refractivity contribution in [3.8, 4) is 5.63 Å². The molecule has 3 nitrogen and oxygen atoms in total. The monoisotopic (exact) mass is 210 g/mol. The number of rotatable bonds is 1. The Labute approximate surface area is 82.5 Å². The van der Waals surface area contributed by atoms with Gasteiger partial charge in [-0.15, -0.1) is 0 Å². The zero-order valence-electron chi connectivity index (χ0n) is 6.65. The molecule has 1 rings (SSSR count). The van der Waals surface area contributed by atoms with E-state index in [1.807, 2.05) is 0 Å². The van der Waals surface area contributed by atoms with Crippen LogP contribution in [0.4, 0.5) is 5.69 Å². The molecule has 66 valence electrons. The van der Waals surface area contributed by atoms with Gasteiger partial charge in [-0.05, 0) is 0 Å². The topological polar surface area (TPSA) is 55.1 Å². The molecule has 0 amide bonds. The molecule has 0 spiro atoms. The third-order valence-corrected chi connectivity index (χ3v) is 1.78. The first-order valence-corrected chi connectivity index (χ1v) is 4.69. The Morgan fingerprint density at radius 3 is 2.54 bits per heavy atom. The summed E-state index contributed by atoms with van der Waals surface area (Å²) in [5.41, 5.74) is 9.46. The van der Waals surface area contributed by atoms with Crippen LogP contribution in [0.1, 0.15) is 5.56 Å². The number of benzene rings is 1. The predicted molar refractivity (Wildman–Crippen MR) is 57.4 cm³/mol. The summed E-state index contributed by atoms with van der Waals surface area (Å²) in [5.74, 6) is 0. The average Bonchev–Trinajstić information content (AvgIpc) is 2.08. The fourth-order valence-corrected chi connectivity index (χ4v) is 1.20. The maximum atomic E-state index is 10.2. The van der Waals surface area contributed by atoms with E-state index < -0.39 is 0 Å². The van der Waals surface area contributed by atoms with Gasteiger partial charge < -0.3 is 0 Å². The summed E-state index contributed by atoms with van der Waals surface area (Å²) >= 11 is 4.66. The molecule has 0 fully saturated rings. The fourth-order valence-electron chi connectivity index (χ4n) is 0.823. The molecule has 0 saturated heterocycles. The van der Waals surface area contributed by atoms with Crippen molar-refractivity contribution >= 4 is 30.9 Å². The van der Waals surface area contributed by atoms with Crippen molar-refractivity contribution in [2.45, 2.75) is 0 Å². The normalized spacial score (nSPS) is 8.62. The van der Waals surface area contributed by atoms with Crippen LogP contribution in [-0.2, 0) is 4.57 Å². The van der Waals surface area contributed by atoms with E-state index in [1.165, 1.54) is 0 Å². The van der Waals surface area contributed by atoms with Gasteiger partial charge in [0.2, 0.25) is 0 Å². The minimum absolute atomic E-state index is 0.120. The van der Waals surface area contributed by atoms with Gasteiger partial charge in [0.1, 0.15) is 0 Å². The second-order valence-corrected chi connectivity index (χ2v) is 3.12. The van der Waals surface area contributed by atoms with Crippen LogP contribution in [0, 0.1) is 5.63 Å². The third-order valence-electron chi connectivity index (χ3n) is 1.33. The molecule has 0 unspecified atom stereocenters. The van der Waals surface area contributed by atoms with Gasteiger partial charge in [-0.3, -0.25) is 0 Å². The quantitative estimate of drug-likeness (QED) is 0.549. The molecular formula is C8H7N2OPS. The van der Waals surface area contributed by atoms with E-state index in [2.05, 4.69) is 23.2 Å². The van der Waals surface area contributed by atoms with Gasteiger partial charge in [0.25, 0.3) is 0 Å². The van der Waals surface area contributed by atoms with Gasteiger partial charge >= 0.3 is 82.0 Å². The predicted octanol–water partition coefficient (Wildman–Crippen LogP) is 1.94. The first kappa shape index (κ1) is 10.0. The van der Waals surface area contributed by atoms with Crippen LogP contribution in [0.15, 0.2) is 24.3 Å². The molecule has 0 aliphatic heterocycles. The SMILES string of the molecule is NC(=S)Nc1ccc(C#P=O)cc1. The number of anilines is 1. The van der Waals surface area contributed by atoms with Gasteiger partial charge in [0.05, 0.1) is 0 Å². The van der Waals surface area contributed by atoms with Crippen LogP contribution in [-0.4, -0.2) is 5.11 Å². The number of hydrogen-bond acceptors (Lipinski definition) is 2. The third kappa shape index (κ3) is 3.43. The molecule has 0 saturated carbocycles. The Morgan fingerprint density at radius 2 is 2.08 bits per heavy atom. The molecule has 0 atom stereocenters. The Hall–Kier alpha value is -1.08. The van der Waals surface area contributed by atoms with Crippen LogP contribution in [0.3, 0.4) is 0 Å². The molecule has 5 heteroatoms. The summed E-state index contributed by atoms with van der Waals surface area (Å²) in [6.07, 6.45) is 0. The molecule has 1 aromatic carbocycles. The Morgan fingerprint density at radius 1 is 1.46 bits per heavy atom. The molecule has 0 heterocycles. The van der Waals surface area contributed by atoms with Gasteiger partial charge in [0.15, 0.2) is 0 Å². The summed E-state index contributed by atoms with van der Waals surface area (Å²) in [6, 6.07) is 7.11. The molecule has 0 aromatic heterocycles. The number of thiocarbonyl (C=S) groups is 1. The Bertz CT molecular complexity index is 409. The summed E-state index contributed by atoms with van der Waals surface area (Å²) in [4.78, 5) is 0. The maximum absolute atomic E-state index is 10.2. The van der Waals surface area contributed by atoms with E-state index >= 15 is 0 Å². The van der Waals surface area contributed by atoms with Crippen LogP contribution in [0.25, 0.3) is 0 Å². The molecule has 0 aliphatic carbocycles. The zero-order valence-corrected chi connectivity index (χ0v) is 8.36. The Balaban J connectivity index is 2.85. The van der Waals surface area contributed by atoms with Crippen LogP contribution in [0.2, 0.25) is 0 Å². The molecule has 0 bridgehead atoms. The van der Waals surface area contributed by atoms with E-state index in [0.29, 0.717) is 0 Å². The van der Waals surface area contributed by atoms with Crippen molar-refractivity contribution in [2.24, 2.45) is 5.73 Å². The summed E-state index contributed by atoms with van der Waals surface area (Å²) in [5, 5.41) is 3.00. The van der Waals surface area contributed by atoms with Gasteiger partial charge in [-0.25, -0.2) is 0 Å². The van der Waals surface area contributed by atoms with Crippen molar-refractivity contribution in [3.05, 3.63) is 29.8 Å². The van der Waals surface area contributed by atoms with Crippen molar-refractivity contribution in [1.82, 2.24) is 0 Å². The molecular weight excluding hydrogens is 203 g/mol. The van der Waals surface area contributed by atoms with E-state index in [9.17, 15) is 4.57 Å². The molecule has 0 aliphatic rings. The van der Waals surface area contributed by atoms with Crippen LogP contribution >= 0.6 is 20.1 Å². The van der Waals surface area contributed by atoms with Crippen molar-refractivity contribution < 1.29 is 4.57 Å². The van der Waals surface area contributed by atoms with E-state index in [0.717, 1.165) is 11.3 Å². The molecule has 3 N–H and O–H groups in total. The average molecular weight is 210 g/mol. The van der Waals surface area contributed by atoms with Crippen molar-refractivity contribution in [3.63, 3.8) is 0 Å². The second-order valence-electron chi connectivity index (χ2n) is 2.27. The Kier molecular flexibility index (Phi) is 3.71. The minimum atomic E-state index is -0.120. The van der Waals surface area contributed by atoms with E-state index in [1.54, 1.807) is 24.3 Å². The summed E-state index contributed by atoms with van der Waals surface area (Å²) in [6.45, 7) is 0. The number of nitrogens with two attached hydrogens (primary N) is 1.